The molecule has 20 heavy (non-hydrogen) atoms. The van der Waals surface area contributed by atoms with Crippen LogP contribution in [0.2, 0.25) is 0 Å². The average Bonchev–Trinajstić information content (AvgIpc) is 2.94. The quantitative estimate of drug-likeness (QED) is 0.560. The van der Waals surface area contributed by atoms with Crippen molar-refractivity contribution in [3.63, 3.8) is 0 Å². The van der Waals surface area contributed by atoms with Gasteiger partial charge in [0.1, 0.15) is 12.3 Å². The molecule has 3 rings (SSSR count). The summed E-state index contributed by atoms with van der Waals surface area (Å²) in [7, 11) is 1.53. The third kappa shape index (κ3) is 1.86. The zero-order valence-electron chi connectivity index (χ0n) is 10.7. The van der Waals surface area contributed by atoms with Gasteiger partial charge >= 0.3 is 5.82 Å². The number of nitrogens with zero attached hydrogens (tertiary/aromatic N) is 4. The van der Waals surface area contributed by atoms with Crippen LogP contribution < -0.4 is 0 Å². The van der Waals surface area contributed by atoms with Gasteiger partial charge in [-0.3, -0.25) is 0 Å². The number of rotatable bonds is 2. The average molecular weight is 282 g/mol. The Bertz CT molecular complexity index is 583. The topological polar surface area (TPSA) is 123 Å². The number of hydrogen-bond donors (Lipinski definition) is 2. The van der Waals surface area contributed by atoms with Gasteiger partial charge in [-0.05, 0) is 11.3 Å². The molecule has 0 amide bonds. The van der Waals surface area contributed by atoms with Crippen molar-refractivity contribution in [1.29, 1.82) is 0 Å². The van der Waals surface area contributed by atoms with Crippen molar-refractivity contribution in [3.8, 4) is 0 Å². The van der Waals surface area contributed by atoms with Crippen LogP contribution >= 0.6 is 0 Å². The first-order valence-electron chi connectivity index (χ1n) is 6.25. The molecule has 1 fully saturated rings. The molecule has 4 atom stereocenters. The summed E-state index contributed by atoms with van der Waals surface area (Å²) in [5.74, 6) is 0.00411. The molecule has 108 valence electrons. The van der Waals surface area contributed by atoms with Crippen molar-refractivity contribution in [3.05, 3.63) is 22.1 Å². The van der Waals surface area contributed by atoms with E-state index in [0.29, 0.717) is 18.0 Å². The normalized spacial score (nSPS) is 32.5. The summed E-state index contributed by atoms with van der Waals surface area (Å²) in [5.41, 5.74) is 0.483. The fourth-order valence-electron chi connectivity index (χ4n) is 2.74. The second kappa shape index (κ2) is 4.53. The molecule has 0 saturated heterocycles. The first kappa shape index (κ1) is 13.0. The Morgan fingerprint density at radius 2 is 2.15 bits per heavy atom. The van der Waals surface area contributed by atoms with E-state index in [1.807, 2.05) is 0 Å². The Morgan fingerprint density at radius 3 is 2.80 bits per heavy atom. The van der Waals surface area contributed by atoms with Crippen molar-refractivity contribution in [2.75, 3.05) is 0 Å². The Balaban J connectivity index is 1.90. The van der Waals surface area contributed by atoms with E-state index in [0.717, 1.165) is 0 Å². The smallest absolute Gasteiger partial charge is 0.342 e. The van der Waals surface area contributed by atoms with Crippen LogP contribution in [0.1, 0.15) is 18.7 Å². The number of aliphatic hydroxyl groups is 2. The van der Waals surface area contributed by atoms with E-state index in [1.54, 1.807) is 0 Å². The van der Waals surface area contributed by atoms with E-state index >= 15 is 0 Å². The summed E-state index contributed by atoms with van der Waals surface area (Å²) in [6.07, 6.45) is -0.255. The largest absolute Gasteiger partial charge is 0.391 e. The van der Waals surface area contributed by atoms with Gasteiger partial charge in [-0.25, -0.2) is 9.55 Å². The van der Waals surface area contributed by atoms with Crippen LogP contribution in [-0.4, -0.2) is 48.7 Å². The van der Waals surface area contributed by atoms with Crippen molar-refractivity contribution in [2.24, 2.45) is 18.1 Å². The monoisotopic (exact) mass is 282 g/mol. The molecule has 1 aliphatic heterocycles. The van der Waals surface area contributed by atoms with E-state index in [2.05, 4.69) is 10.1 Å². The molecule has 2 N–H and O–H groups in total. The molecule has 1 saturated carbocycles. The highest BCUT2D eigenvalue weighted by molar-refractivity contribution is 6.00. The molecule has 1 aromatic heterocycles. The number of imidazole rings is 1. The Hall–Kier alpha value is -2.00. The number of aromatic nitrogens is 2. The van der Waals surface area contributed by atoms with Gasteiger partial charge in [0.2, 0.25) is 5.82 Å². The third-order valence-corrected chi connectivity index (χ3v) is 3.88. The minimum absolute atomic E-state index is 0.137. The number of oxime groups is 1. The van der Waals surface area contributed by atoms with Crippen LogP contribution in [0.3, 0.4) is 0 Å². The summed E-state index contributed by atoms with van der Waals surface area (Å²) in [4.78, 5) is 19.6. The maximum atomic E-state index is 10.8. The predicted molar refractivity (Wildman–Crippen MR) is 66.0 cm³/mol. The third-order valence-electron chi connectivity index (χ3n) is 3.88. The van der Waals surface area contributed by atoms with Crippen molar-refractivity contribution in [1.82, 2.24) is 9.55 Å². The molecular formula is C11H14N4O5. The van der Waals surface area contributed by atoms with Gasteiger partial charge < -0.3 is 25.2 Å². The molecule has 9 heteroatoms. The Labute approximate surface area is 113 Å². The Kier molecular flexibility index (Phi) is 2.94. The van der Waals surface area contributed by atoms with E-state index in [-0.39, 0.29) is 24.3 Å². The lowest BCUT2D eigenvalue weighted by Gasteiger charge is -2.30. The van der Waals surface area contributed by atoms with Gasteiger partial charge in [0.25, 0.3) is 0 Å². The summed E-state index contributed by atoms with van der Waals surface area (Å²) < 4.78 is 1.34. The second-order valence-electron chi connectivity index (χ2n) is 5.09. The Morgan fingerprint density at radius 1 is 1.45 bits per heavy atom. The van der Waals surface area contributed by atoms with Gasteiger partial charge in [0, 0.05) is 6.42 Å². The zero-order chi connectivity index (χ0) is 14.4. The number of fused-ring (bicyclic) bond motifs is 1. The van der Waals surface area contributed by atoms with Gasteiger partial charge in [-0.2, -0.15) is 0 Å². The molecule has 1 aliphatic carbocycles. The zero-order valence-corrected chi connectivity index (χ0v) is 10.7. The fourth-order valence-corrected chi connectivity index (χ4v) is 2.74. The maximum Gasteiger partial charge on any atom is 0.342 e. The second-order valence-corrected chi connectivity index (χ2v) is 5.09. The summed E-state index contributed by atoms with van der Waals surface area (Å²) >= 11 is 0. The standard InChI is InChI=1S/C11H14N4O5/c1-14-9(15(18)19)4-12-11(14)10-5-2-6(16)7(17)3-8(5)20-13-10/h4-8,16-17H,2-3H2,1H3. The van der Waals surface area contributed by atoms with E-state index < -0.39 is 17.1 Å². The molecule has 4 unspecified atom stereocenters. The molecule has 2 heterocycles. The molecule has 9 nitrogen and oxygen atoms in total. The lowest BCUT2D eigenvalue weighted by Crippen LogP contribution is -2.43. The molecule has 1 aromatic rings. The van der Waals surface area contributed by atoms with Crippen LogP contribution in [0.25, 0.3) is 0 Å². The molecule has 2 aliphatic rings. The predicted octanol–water partition coefficient (Wildman–Crippen LogP) is -0.437. The minimum Gasteiger partial charge on any atom is -0.391 e. The summed E-state index contributed by atoms with van der Waals surface area (Å²) in [6, 6.07) is 0. The molecular weight excluding hydrogens is 268 g/mol. The van der Waals surface area contributed by atoms with Crippen LogP contribution in [0.5, 0.6) is 0 Å². The first-order chi connectivity index (χ1) is 9.49. The van der Waals surface area contributed by atoms with Crippen molar-refractivity contribution >= 4 is 11.5 Å². The van der Waals surface area contributed by atoms with Gasteiger partial charge in [-0.1, -0.05) is 5.16 Å². The van der Waals surface area contributed by atoms with Crippen molar-refractivity contribution < 1.29 is 20.0 Å². The lowest BCUT2D eigenvalue weighted by molar-refractivity contribution is -0.391. The van der Waals surface area contributed by atoms with Gasteiger partial charge in [-0.15, -0.1) is 0 Å². The van der Waals surface area contributed by atoms with E-state index in [4.69, 9.17) is 4.84 Å². The number of nitro groups is 1. The van der Waals surface area contributed by atoms with Crippen LogP contribution in [0.4, 0.5) is 5.82 Å². The van der Waals surface area contributed by atoms with Crippen LogP contribution in [0.15, 0.2) is 11.4 Å². The lowest BCUT2D eigenvalue weighted by atomic mass is 9.80. The van der Waals surface area contributed by atoms with Gasteiger partial charge in [0.15, 0.2) is 5.71 Å². The summed E-state index contributed by atoms with van der Waals surface area (Å²) in [6.45, 7) is 0. The van der Waals surface area contributed by atoms with E-state index in [1.165, 1.54) is 17.8 Å². The van der Waals surface area contributed by atoms with E-state index in [9.17, 15) is 20.3 Å². The molecule has 0 radical (unpaired) electrons. The molecule has 0 spiro atoms. The van der Waals surface area contributed by atoms with Gasteiger partial charge in [0.05, 0.1) is 25.2 Å². The fraction of sp³-hybridized carbons (Fsp3) is 0.636. The maximum absolute atomic E-state index is 10.8. The number of aliphatic hydroxyl groups excluding tert-OH is 2. The summed E-state index contributed by atoms with van der Waals surface area (Å²) in [5, 5.41) is 34.1. The highest BCUT2D eigenvalue weighted by atomic mass is 16.6. The molecule has 0 bridgehead atoms. The molecule has 0 aromatic carbocycles. The van der Waals surface area contributed by atoms with Crippen LogP contribution in [0, 0.1) is 16.0 Å². The first-order valence-corrected chi connectivity index (χ1v) is 6.25. The highest BCUT2D eigenvalue weighted by Gasteiger charge is 2.46. The van der Waals surface area contributed by atoms with Crippen molar-refractivity contribution in [2.45, 2.75) is 31.2 Å². The SMILES string of the molecule is Cn1c([N+](=O)[O-])cnc1C1=NOC2CC(O)C(O)CC12. The minimum atomic E-state index is -0.849. The highest BCUT2D eigenvalue weighted by Crippen LogP contribution is 2.35. The van der Waals surface area contributed by atoms with Crippen LogP contribution in [-0.2, 0) is 11.9 Å². The number of hydrogen-bond acceptors (Lipinski definition) is 7.